The Bertz CT molecular complexity index is 1250. The summed E-state index contributed by atoms with van der Waals surface area (Å²) in [6.45, 7) is 5.19. The lowest BCUT2D eigenvalue weighted by atomic mass is 10.0. The summed E-state index contributed by atoms with van der Waals surface area (Å²) in [5, 5.41) is 0. The topological polar surface area (TPSA) is 74.8 Å². The maximum atomic E-state index is 13.4. The number of ketones is 2. The summed E-state index contributed by atoms with van der Waals surface area (Å²) < 4.78 is 0. The van der Waals surface area contributed by atoms with Crippen LogP contribution in [0.3, 0.4) is 0 Å². The van der Waals surface area contributed by atoms with Crippen molar-refractivity contribution in [3.05, 3.63) is 95.1 Å². The second-order valence-electron chi connectivity index (χ2n) is 8.20. The van der Waals surface area contributed by atoms with Crippen LogP contribution in [0, 0.1) is 0 Å². The molecule has 1 aliphatic rings. The zero-order valence-corrected chi connectivity index (χ0v) is 18.7. The van der Waals surface area contributed by atoms with Crippen LogP contribution in [0.25, 0.3) is 0 Å². The van der Waals surface area contributed by atoms with Crippen LogP contribution in [0.4, 0.5) is 11.4 Å². The van der Waals surface area contributed by atoms with Gasteiger partial charge in [0.05, 0.1) is 17.4 Å². The Labute approximate surface area is 192 Å². The second-order valence-corrected chi connectivity index (χ2v) is 8.20. The number of fused-ring (bicyclic) bond motifs is 1. The van der Waals surface area contributed by atoms with Crippen molar-refractivity contribution in [3.63, 3.8) is 0 Å². The molecule has 0 spiro atoms. The van der Waals surface area contributed by atoms with E-state index >= 15 is 0 Å². The average molecular weight is 440 g/mol. The van der Waals surface area contributed by atoms with E-state index in [4.69, 9.17) is 0 Å². The third-order valence-corrected chi connectivity index (χ3v) is 5.86. The van der Waals surface area contributed by atoms with Crippen molar-refractivity contribution in [3.8, 4) is 0 Å². The number of amides is 2. The van der Waals surface area contributed by atoms with Gasteiger partial charge in [-0.05, 0) is 57.2 Å². The zero-order chi connectivity index (χ0) is 23.7. The molecular formula is C27H24N2O4. The molecule has 6 heteroatoms. The van der Waals surface area contributed by atoms with Crippen molar-refractivity contribution in [2.45, 2.75) is 26.8 Å². The van der Waals surface area contributed by atoms with E-state index in [0.29, 0.717) is 40.2 Å². The number of hydrogen-bond acceptors (Lipinski definition) is 4. The first-order chi connectivity index (χ1) is 15.8. The first-order valence-corrected chi connectivity index (χ1v) is 10.7. The Balaban J connectivity index is 1.67. The molecule has 1 atom stereocenters. The highest BCUT2D eigenvalue weighted by molar-refractivity contribution is 6.14. The van der Waals surface area contributed by atoms with Crippen LogP contribution < -0.4 is 9.80 Å². The number of benzene rings is 3. The van der Waals surface area contributed by atoms with Crippen LogP contribution in [-0.2, 0) is 0 Å². The molecule has 0 aromatic heterocycles. The van der Waals surface area contributed by atoms with E-state index in [1.165, 1.54) is 13.8 Å². The van der Waals surface area contributed by atoms with Gasteiger partial charge in [0.2, 0.25) is 0 Å². The van der Waals surface area contributed by atoms with Crippen LogP contribution >= 0.6 is 0 Å². The van der Waals surface area contributed by atoms with Crippen LogP contribution in [0.5, 0.6) is 0 Å². The first-order valence-electron chi connectivity index (χ1n) is 10.7. The Morgan fingerprint density at radius 1 is 0.636 bits per heavy atom. The highest BCUT2D eigenvalue weighted by Gasteiger charge is 2.35. The standard InChI is InChI=1S/C27H24N2O4/c1-17-16-28(26(32)22-12-8-20(9-13-22)18(2)30)24-6-4-5-7-25(24)29(17)27(33)23-14-10-21(11-15-23)19(3)31/h4-15,17H,16H2,1-3H3. The van der Waals surface area contributed by atoms with Gasteiger partial charge in [-0.25, -0.2) is 0 Å². The third-order valence-electron chi connectivity index (χ3n) is 5.86. The van der Waals surface area contributed by atoms with Gasteiger partial charge in [0.1, 0.15) is 0 Å². The first kappa shape index (κ1) is 22.1. The predicted octanol–water partition coefficient (Wildman–Crippen LogP) is 4.79. The van der Waals surface area contributed by atoms with E-state index in [2.05, 4.69) is 0 Å². The van der Waals surface area contributed by atoms with Gasteiger partial charge in [-0.15, -0.1) is 0 Å². The summed E-state index contributed by atoms with van der Waals surface area (Å²) >= 11 is 0. The third kappa shape index (κ3) is 4.20. The fourth-order valence-corrected chi connectivity index (χ4v) is 4.07. The predicted molar refractivity (Wildman–Crippen MR) is 127 cm³/mol. The number of carbonyl (C=O) groups is 4. The second kappa shape index (κ2) is 8.82. The zero-order valence-electron chi connectivity index (χ0n) is 18.7. The van der Waals surface area contributed by atoms with Gasteiger partial charge in [-0.1, -0.05) is 36.4 Å². The van der Waals surface area contributed by atoms with Gasteiger partial charge in [0, 0.05) is 28.8 Å². The van der Waals surface area contributed by atoms with Gasteiger partial charge in [0.25, 0.3) is 11.8 Å². The lowest BCUT2D eigenvalue weighted by molar-refractivity contribution is 0.0952. The van der Waals surface area contributed by atoms with Crippen molar-refractivity contribution in [2.24, 2.45) is 0 Å². The van der Waals surface area contributed by atoms with Gasteiger partial charge in [-0.3, -0.25) is 19.2 Å². The molecule has 1 unspecified atom stereocenters. The van der Waals surface area contributed by atoms with E-state index in [-0.39, 0.29) is 29.4 Å². The maximum absolute atomic E-state index is 13.4. The summed E-state index contributed by atoms with van der Waals surface area (Å²) in [5.74, 6) is -0.502. The van der Waals surface area contributed by atoms with E-state index < -0.39 is 0 Å². The molecule has 1 aliphatic heterocycles. The summed E-state index contributed by atoms with van der Waals surface area (Å²) in [5.41, 5.74) is 3.33. The number of nitrogens with zero attached hydrogens (tertiary/aromatic N) is 2. The molecule has 3 aromatic rings. The molecule has 0 fully saturated rings. The minimum atomic E-state index is -0.277. The van der Waals surface area contributed by atoms with Crippen molar-refractivity contribution in [1.29, 1.82) is 0 Å². The normalized spacial score (nSPS) is 15.1. The molecule has 0 bridgehead atoms. The molecule has 6 nitrogen and oxygen atoms in total. The molecule has 166 valence electrons. The molecule has 0 saturated heterocycles. The Hall–Kier alpha value is -4.06. The van der Waals surface area contributed by atoms with Crippen LogP contribution in [0.15, 0.2) is 72.8 Å². The van der Waals surface area contributed by atoms with E-state index in [1.807, 2.05) is 31.2 Å². The van der Waals surface area contributed by atoms with Gasteiger partial charge in [0.15, 0.2) is 11.6 Å². The number of para-hydroxylation sites is 2. The summed E-state index contributed by atoms with van der Waals surface area (Å²) in [6, 6.07) is 20.2. The van der Waals surface area contributed by atoms with Crippen molar-refractivity contribution < 1.29 is 19.2 Å². The molecular weight excluding hydrogens is 416 g/mol. The molecule has 3 aromatic carbocycles. The number of carbonyl (C=O) groups excluding carboxylic acids is 4. The number of rotatable bonds is 4. The van der Waals surface area contributed by atoms with Crippen LogP contribution in [0.2, 0.25) is 0 Å². The molecule has 0 radical (unpaired) electrons. The Morgan fingerprint density at radius 3 is 1.55 bits per heavy atom. The smallest absolute Gasteiger partial charge is 0.258 e. The maximum Gasteiger partial charge on any atom is 0.258 e. The molecule has 0 N–H and O–H groups in total. The molecule has 0 aliphatic carbocycles. The minimum Gasteiger partial charge on any atom is -0.304 e. The van der Waals surface area contributed by atoms with E-state index in [9.17, 15) is 19.2 Å². The lowest BCUT2D eigenvalue weighted by Crippen LogP contribution is -2.52. The largest absolute Gasteiger partial charge is 0.304 e. The lowest BCUT2D eigenvalue weighted by Gasteiger charge is -2.41. The number of anilines is 2. The summed E-state index contributed by atoms with van der Waals surface area (Å²) in [4.78, 5) is 53.2. The molecule has 1 heterocycles. The van der Waals surface area contributed by atoms with Crippen molar-refractivity contribution in [2.75, 3.05) is 16.3 Å². The average Bonchev–Trinajstić information content (AvgIpc) is 2.83. The van der Waals surface area contributed by atoms with Gasteiger partial charge < -0.3 is 9.80 Å². The molecule has 4 rings (SSSR count). The van der Waals surface area contributed by atoms with Crippen LogP contribution in [0.1, 0.15) is 62.2 Å². The molecule has 0 saturated carbocycles. The van der Waals surface area contributed by atoms with E-state index in [0.717, 1.165) is 0 Å². The fourth-order valence-electron chi connectivity index (χ4n) is 4.07. The molecule has 33 heavy (non-hydrogen) atoms. The summed E-state index contributed by atoms with van der Waals surface area (Å²) in [6.07, 6.45) is 0. The fraction of sp³-hybridized carbons (Fsp3) is 0.185. The van der Waals surface area contributed by atoms with Gasteiger partial charge >= 0.3 is 0 Å². The van der Waals surface area contributed by atoms with E-state index in [1.54, 1.807) is 58.3 Å². The van der Waals surface area contributed by atoms with Crippen molar-refractivity contribution in [1.82, 2.24) is 0 Å². The van der Waals surface area contributed by atoms with Crippen molar-refractivity contribution >= 4 is 34.8 Å². The SMILES string of the molecule is CC(=O)c1ccc(C(=O)N2CC(C)N(C(=O)c3ccc(C(C)=O)cc3)c3ccccc32)cc1. The Morgan fingerprint density at radius 2 is 1.06 bits per heavy atom. The van der Waals surface area contributed by atoms with Gasteiger partial charge in [-0.2, -0.15) is 0 Å². The minimum absolute atomic E-state index is 0.0589. The van der Waals surface area contributed by atoms with Crippen LogP contribution in [-0.4, -0.2) is 36.0 Å². The number of hydrogen-bond donors (Lipinski definition) is 0. The highest BCUT2D eigenvalue weighted by Crippen LogP contribution is 2.37. The quantitative estimate of drug-likeness (QED) is 0.547. The summed E-state index contributed by atoms with van der Waals surface area (Å²) in [7, 11) is 0. The monoisotopic (exact) mass is 440 g/mol. The molecule has 2 amide bonds. The highest BCUT2D eigenvalue weighted by atomic mass is 16.2. The number of Topliss-reactive ketones (excluding diaryl/α,β-unsaturated/α-hetero) is 2. The Kier molecular flexibility index (Phi) is 5.92.